The van der Waals surface area contributed by atoms with Crippen LogP contribution in [0.5, 0.6) is 0 Å². The van der Waals surface area contributed by atoms with Gasteiger partial charge in [-0.3, -0.25) is 19.8 Å². The highest BCUT2D eigenvalue weighted by molar-refractivity contribution is 5.95. The molecule has 0 saturated heterocycles. The van der Waals surface area contributed by atoms with Gasteiger partial charge in [-0.05, 0) is 24.6 Å². The minimum absolute atomic E-state index is 0.0569. The van der Waals surface area contributed by atoms with Gasteiger partial charge in [0.1, 0.15) is 17.5 Å². The van der Waals surface area contributed by atoms with Crippen LogP contribution in [0.25, 0.3) is 0 Å². The highest BCUT2D eigenvalue weighted by atomic mass is 19.1. The molecular formula is C21H23F2N3O5. The summed E-state index contributed by atoms with van der Waals surface area (Å²) in [4.78, 5) is 32.4. The Hall–Kier alpha value is -3.66. The number of amides is 1. The Kier molecular flexibility index (Phi) is 8.95. The minimum atomic E-state index is -2.15. The Morgan fingerprint density at radius 2 is 1.71 bits per heavy atom. The van der Waals surface area contributed by atoms with Gasteiger partial charge >= 0.3 is 0 Å². The van der Waals surface area contributed by atoms with Crippen molar-refractivity contribution in [1.82, 2.24) is 0 Å². The number of rotatable bonds is 8. The first-order valence-electron chi connectivity index (χ1n) is 9.00. The Morgan fingerprint density at radius 3 is 2.13 bits per heavy atom. The molecule has 0 aliphatic heterocycles. The minimum Gasteiger partial charge on any atom is -0.481 e. The smallest absolute Gasteiger partial charge is 0.300 e. The molecule has 8 nitrogen and oxygen atoms in total. The van der Waals surface area contributed by atoms with Gasteiger partial charge in [0, 0.05) is 25.5 Å². The quantitative estimate of drug-likeness (QED) is 0.283. The number of carboxylic acid groups (broad SMARTS) is 1. The fraction of sp³-hybridized carbons (Fsp3) is 0.238. The molecule has 0 saturated carbocycles. The summed E-state index contributed by atoms with van der Waals surface area (Å²) in [6.07, 6.45) is -0.0534. The number of carbonyl (C=O) groups is 3. The van der Waals surface area contributed by atoms with Gasteiger partial charge < -0.3 is 21.3 Å². The number of primary amides is 1. The summed E-state index contributed by atoms with van der Waals surface area (Å²) < 4.78 is 34.8. The first kappa shape index (κ1) is 25.4. The monoisotopic (exact) mass is 435 g/mol. The maximum Gasteiger partial charge on any atom is 0.300 e. The van der Waals surface area contributed by atoms with Gasteiger partial charge in [0.15, 0.2) is 11.9 Å². The average molecular weight is 435 g/mol. The number of benzene rings is 2. The molecule has 0 heterocycles. The van der Waals surface area contributed by atoms with E-state index in [0.717, 1.165) is 19.1 Å². The Bertz CT molecular complexity index is 976. The molecule has 1 amide bonds. The zero-order chi connectivity index (χ0) is 23.8. The summed E-state index contributed by atoms with van der Waals surface area (Å²) in [7, 11) is 0. The molecule has 1 atom stereocenters. The zero-order valence-electron chi connectivity index (χ0n) is 16.9. The van der Waals surface area contributed by atoms with Crippen molar-refractivity contribution in [1.29, 1.82) is 5.41 Å². The first-order chi connectivity index (χ1) is 14.5. The molecule has 0 radical (unpaired) electrons. The lowest BCUT2D eigenvalue weighted by Crippen LogP contribution is -2.47. The number of aliphatic carboxylic acids is 1. The fourth-order valence-corrected chi connectivity index (χ4v) is 2.86. The second-order valence-corrected chi connectivity index (χ2v) is 6.37. The van der Waals surface area contributed by atoms with E-state index in [1.54, 1.807) is 19.1 Å². The van der Waals surface area contributed by atoms with E-state index in [2.05, 4.69) is 0 Å². The van der Waals surface area contributed by atoms with E-state index in [1.165, 1.54) is 12.1 Å². The standard InChI is InChI=1S/C19H19F2N3O3.C2H4O2/c1-2-27-19(18(24)26,9-11-3-5-12(6-4-11)17(22)23)15-14(20)8-7-13(10-25)16(15)21;1-2(3)4/h3-8,10H,2,9H2,1H3,(H3,22,23)(H2,24,26);1H3,(H,3,4). The molecular weight excluding hydrogens is 412 g/mol. The predicted molar refractivity (Wildman–Crippen MR) is 109 cm³/mol. The third-order valence-corrected chi connectivity index (χ3v) is 4.16. The number of nitrogen functional groups attached to an aromatic ring is 1. The number of nitrogens with one attached hydrogen (secondary N) is 1. The first-order valence-corrected chi connectivity index (χ1v) is 9.00. The number of hydrogen-bond donors (Lipinski definition) is 4. The van der Waals surface area contributed by atoms with Crippen LogP contribution in [0.3, 0.4) is 0 Å². The zero-order valence-corrected chi connectivity index (χ0v) is 16.9. The lowest BCUT2D eigenvalue weighted by molar-refractivity contribution is -0.145. The van der Waals surface area contributed by atoms with Crippen LogP contribution in [-0.4, -0.2) is 35.7 Å². The molecule has 31 heavy (non-hydrogen) atoms. The number of amidine groups is 1. The summed E-state index contributed by atoms with van der Waals surface area (Å²) in [5.74, 6) is -4.33. The fourth-order valence-electron chi connectivity index (χ4n) is 2.86. The number of ether oxygens (including phenoxy) is 1. The van der Waals surface area contributed by atoms with Crippen molar-refractivity contribution in [3.05, 3.63) is 70.3 Å². The van der Waals surface area contributed by atoms with Crippen LogP contribution in [0.15, 0.2) is 36.4 Å². The third-order valence-electron chi connectivity index (χ3n) is 4.16. The second kappa shape index (κ2) is 10.9. The van der Waals surface area contributed by atoms with Gasteiger partial charge in [-0.25, -0.2) is 8.78 Å². The molecule has 0 bridgehead atoms. The van der Waals surface area contributed by atoms with Gasteiger partial charge in [-0.1, -0.05) is 24.3 Å². The molecule has 2 rings (SSSR count). The molecule has 2 aromatic rings. The highest BCUT2D eigenvalue weighted by Crippen LogP contribution is 2.35. The van der Waals surface area contributed by atoms with Gasteiger partial charge in [0.05, 0.1) is 11.1 Å². The van der Waals surface area contributed by atoms with E-state index in [9.17, 15) is 18.4 Å². The van der Waals surface area contributed by atoms with Crippen molar-refractivity contribution in [3.8, 4) is 0 Å². The van der Waals surface area contributed by atoms with E-state index in [-0.39, 0.29) is 25.1 Å². The normalized spacial score (nSPS) is 12.1. The highest BCUT2D eigenvalue weighted by Gasteiger charge is 2.44. The van der Waals surface area contributed by atoms with Crippen LogP contribution < -0.4 is 11.5 Å². The summed E-state index contributed by atoms with van der Waals surface area (Å²) in [6.45, 7) is 2.58. The van der Waals surface area contributed by atoms with Crippen molar-refractivity contribution < 1.29 is 33.0 Å². The van der Waals surface area contributed by atoms with Gasteiger partial charge in [-0.15, -0.1) is 0 Å². The number of hydrogen-bond acceptors (Lipinski definition) is 5. The van der Waals surface area contributed by atoms with Crippen LogP contribution in [0.4, 0.5) is 8.78 Å². The molecule has 0 aliphatic carbocycles. The predicted octanol–water partition coefficient (Wildman–Crippen LogP) is 2.11. The Labute approximate surface area is 177 Å². The summed E-state index contributed by atoms with van der Waals surface area (Å²) in [5.41, 5.74) is 8.55. The van der Waals surface area contributed by atoms with E-state index in [4.69, 9.17) is 31.5 Å². The second-order valence-electron chi connectivity index (χ2n) is 6.37. The van der Waals surface area contributed by atoms with Crippen LogP contribution >= 0.6 is 0 Å². The molecule has 0 aliphatic rings. The van der Waals surface area contributed by atoms with Crippen LogP contribution in [0, 0.1) is 17.0 Å². The van der Waals surface area contributed by atoms with Gasteiger partial charge in [0.25, 0.3) is 11.9 Å². The number of halogens is 2. The largest absolute Gasteiger partial charge is 0.481 e. The summed E-state index contributed by atoms with van der Waals surface area (Å²) in [5, 5.41) is 14.8. The van der Waals surface area contributed by atoms with Crippen LogP contribution in [0.1, 0.15) is 40.9 Å². The summed E-state index contributed by atoms with van der Waals surface area (Å²) in [6, 6.07) is 8.02. The lowest BCUT2D eigenvalue weighted by Gasteiger charge is -2.32. The molecule has 6 N–H and O–H groups in total. The molecule has 10 heteroatoms. The van der Waals surface area contributed by atoms with Crippen LogP contribution in [-0.2, 0) is 26.3 Å². The van der Waals surface area contributed by atoms with E-state index < -0.39 is 40.2 Å². The van der Waals surface area contributed by atoms with Gasteiger partial charge in [0.2, 0.25) is 0 Å². The SMILES string of the molecule is CC(=O)O.CCOC(Cc1ccc(C(=N)N)cc1)(C(N)=O)c1c(F)ccc(C=O)c1F. The van der Waals surface area contributed by atoms with Crippen molar-refractivity contribution in [2.45, 2.75) is 25.9 Å². The number of carbonyl (C=O) groups excluding carboxylic acids is 2. The van der Waals surface area contributed by atoms with Crippen molar-refractivity contribution in [2.75, 3.05) is 6.61 Å². The van der Waals surface area contributed by atoms with E-state index in [1.807, 2.05) is 0 Å². The van der Waals surface area contributed by atoms with E-state index in [0.29, 0.717) is 11.1 Å². The van der Waals surface area contributed by atoms with Crippen LogP contribution in [0.2, 0.25) is 0 Å². The average Bonchev–Trinajstić information content (AvgIpc) is 2.68. The lowest BCUT2D eigenvalue weighted by atomic mass is 9.84. The molecule has 0 spiro atoms. The Morgan fingerprint density at radius 1 is 1.16 bits per heavy atom. The molecule has 0 aromatic heterocycles. The van der Waals surface area contributed by atoms with Gasteiger partial charge in [-0.2, -0.15) is 0 Å². The molecule has 2 aromatic carbocycles. The Balaban J connectivity index is 0.00000110. The summed E-state index contributed by atoms with van der Waals surface area (Å²) >= 11 is 0. The van der Waals surface area contributed by atoms with Crippen molar-refractivity contribution in [2.24, 2.45) is 11.5 Å². The van der Waals surface area contributed by atoms with E-state index >= 15 is 0 Å². The van der Waals surface area contributed by atoms with Crippen molar-refractivity contribution in [3.63, 3.8) is 0 Å². The maximum atomic E-state index is 14.8. The molecule has 1 unspecified atom stereocenters. The number of nitrogens with two attached hydrogens (primary N) is 2. The number of aldehydes is 1. The van der Waals surface area contributed by atoms with Crippen molar-refractivity contribution >= 4 is 24.0 Å². The molecule has 166 valence electrons. The maximum absolute atomic E-state index is 14.8. The number of carboxylic acids is 1. The third kappa shape index (κ3) is 6.16. The topological polar surface area (TPSA) is 157 Å². The molecule has 0 fully saturated rings.